The summed E-state index contributed by atoms with van der Waals surface area (Å²) in [5, 5.41) is 21.6. The second-order valence-electron chi connectivity index (χ2n) is 6.86. The summed E-state index contributed by atoms with van der Waals surface area (Å²) in [5.74, 6) is 0. The Hall–Kier alpha value is -1.80. The molecule has 0 bridgehead atoms. The van der Waals surface area contributed by atoms with Gasteiger partial charge in [-0.25, -0.2) is 0 Å². The first kappa shape index (κ1) is 18.6. The van der Waals surface area contributed by atoms with Crippen molar-refractivity contribution in [3.05, 3.63) is 71.8 Å². The molecule has 0 saturated carbocycles. The van der Waals surface area contributed by atoms with Crippen LogP contribution in [0.25, 0.3) is 0 Å². The van der Waals surface area contributed by atoms with Crippen LogP contribution < -0.4 is 0 Å². The van der Waals surface area contributed by atoms with E-state index in [1.54, 1.807) is 12.1 Å². The molecule has 2 aliphatic rings. The van der Waals surface area contributed by atoms with Gasteiger partial charge in [0.05, 0.1) is 6.61 Å². The van der Waals surface area contributed by atoms with E-state index in [-0.39, 0.29) is 6.61 Å². The van der Waals surface area contributed by atoms with Gasteiger partial charge < -0.3 is 29.2 Å². The molecule has 0 amide bonds. The maximum Gasteiger partial charge on any atom is 0.184 e. The second kappa shape index (κ2) is 8.06. The Bertz CT molecular complexity index is 724. The standard InChI is InChI=1S/C21H24O6/c1-24-20-17(23)19(16(22)13-8-4-2-5-9-13)26-15-12-25-21(27-18(15)20)14-10-6-3-7-11-14/h2-11,15-23H,12H2,1H3/t15-,16+,17-,18-,19+,20+,21?/m1/s1. The highest BCUT2D eigenvalue weighted by Gasteiger charge is 2.51. The Morgan fingerprint density at radius 1 is 1.00 bits per heavy atom. The zero-order valence-corrected chi connectivity index (χ0v) is 15.0. The summed E-state index contributed by atoms with van der Waals surface area (Å²) in [7, 11) is 1.53. The van der Waals surface area contributed by atoms with Crippen molar-refractivity contribution in [1.29, 1.82) is 0 Å². The van der Waals surface area contributed by atoms with E-state index in [4.69, 9.17) is 18.9 Å². The van der Waals surface area contributed by atoms with Crippen molar-refractivity contribution in [3.63, 3.8) is 0 Å². The number of ether oxygens (including phenoxy) is 4. The van der Waals surface area contributed by atoms with Gasteiger partial charge in [0.25, 0.3) is 0 Å². The van der Waals surface area contributed by atoms with Crippen LogP contribution in [-0.4, -0.2) is 54.4 Å². The van der Waals surface area contributed by atoms with Crippen LogP contribution in [0, 0.1) is 0 Å². The summed E-state index contributed by atoms with van der Waals surface area (Å²) in [6, 6.07) is 18.8. The lowest BCUT2D eigenvalue weighted by Crippen LogP contribution is -2.63. The lowest BCUT2D eigenvalue weighted by molar-refractivity contribution is -0.338. The summed E-state index contributed by atoms with van der Waals surface area (Å²) in [6.07, 6.45) is -4.98. The molecule has 2 aliphatic heterocycles. The van der Waals surface area contributed by atoms with Gasteiger partial charge in [-0.1, -0.05) is 60.7 Å². The Kier molecular flexibility index (Phi) is 5.54. The fourth-order valence-corrected chi connectivity index (χ4v) is 3.78. The minimum absolute atomic E-state index is 0.287. The van der Waals surface area contributed by atoms with Gasteiger partial charge in [-0.15, -0.1) is 0 Å². The first-order valence-corrected chi connectivity index (χ1v) is 9.10. The number of hydrogen-bond acceptors (Lipinski definition) is 6. The Balaban J connectivity index is 1.53. The van der Waals surface area contributed by atoms with Crippen molar-refractivity contribution < 1.29 is 29.2 Å². The average Bonchev–Trinajstić information content (AvgIpc) is 2.74. The van der Waals surface area contributed by atoms with E-state index in [0.717, 1.165) is 5.56 Å². The molecule has 7 atom stereocenters. The molecule has 1 unspecified atom stereocenters. The van der Waals surface area contributed by atoms with Crippen molar-refractivity contribution in [2.75, 3.05) is 13.7 Å². The molecule has 2 N–H and O–H groups in total. The smallest absolute Gasteiger partial charge is 0.184 e. The predicted octanol–water partition coefficient (Wildman–Crippen LogP) is 1.98. The fraction of sp³-hybridized carbons (Fsp3) is 0.429. The SMILES string of the molecule is CO[C@H]1[C@H](O)[C@H]([C@@H](O)c2ccccc2)O[C@@H]2COC(c3ccccc3)O[C@@H]12. The lowest BCUT2D eigenvalue weighted by Gasteiger charge is -2.48. The number of aliphatic hydroxyl groups excluding tert-OH is 2. The molecule has 0 aromatic heterocycles. The lowest BCUT2D eigenvalue weighted by atomic mass is 9.89. The van der Waals surface area contributed by atoms with Gasteiger partial charge in [0, 0.05) is 12.7 Å². The van der Waals surface area contributed by atoms with Crippen LogP contribution >= 0.6 is 0 Å². The van der Waals surface area contributed by atoms with Crippen molar-refractivity contribution in [2.45, 2.75) is 42.9 Å². The molecular weight excluding hydrogens is 348 g/mol. The molecule has 2 fully saturated rings. The molecule has 6 nitrogen and oxygen atoms in total. The molecule has 2 aromatic rings. The summed E-state index contributed by atoms with van der Waals surface area (Å²) >= 11 is 0. The minimum atomic E-state index is -1.04. The van der Waals surface area contributed by atoms with Gasteiger partial charge >= 0.3 is 0 Å². The highest BCUT2D eigenvalue weighted by atomic mass is 16.7. The molecule has 6 heteroatoms. The van der Waals surface area contributed by atoms with Gasteiger partial charge in [0.2, 0.25) is 0 Å². The normalized spacial score (nSPS) is 34.6. The van der Waals surface area contributed by atoms with E-state index in [9.17, 15) is 10.2 Å². The molecule has 27 heavy (non-hydrogen) atoms. The first-order valence-electron chi connectivity index (χ1n) is 9.10. The highest BCUT2D eigenvalue weighted by molar-refractivity contribution is 5.20. The number of fused-ring (bicyclic) bond motifs is 1. The summed E-state index contributed by atoms with van der Waals surface area (Å²) in [4.78, 5) is 0. The van der Waals surface area contributed by atoms with Crippen LogP contribution in [0.4, 0.5) is 0 Å². The second-order valence-corrected chi connectivity index (χ2v) is 6.86. The van der Waals surface area contributed by atoms with Gasteiger partial charge in [-0.2, -0.15) is 0 Å². The van der Waals surface area contributed by atoms with Crippen molar-refractivity contribution in [1.82, 2.24) is 0 Å². The van der Waals surface area contributed by atoms with Crippen LogP contribution in [0.1, 0.15) is 23.5 Å². The fourth-order valence-electron chi connectivity index (χ4n) is 3.78. The third kappa shape index (κ3) is 3.65. The third-order valence-electron chi connectivity index (χ3n) is 5.18. The molecule has 2 heterocycles. The monoisotopic (exact) mass is 372 g/mol. The topological polar surface area (TPSA) is 77.4 Å². The average molecular weight is 372 g/mol. The van der Waals surface area contributed by atoms with Gasteiger partial charge in [0.1, 0.15) is 36.6 Å². The number of aliphatic hydroxyl groups is 2. The van der Waals surface area contributed by atoms with Crippen LogP contribution in [0.5, 0.6) is 0 Å². The van der Waals surface area contributed by atoms with Crippen LogP contribution in [0.2, 0.25) is 0 Å². The minimum Gasteiger partial charge on any atom is -0.387 e. The first-order chi connectivity index (χ1) is 13.2. The van der Waals surface area contributed by atoms with Gasteiger partial charge in [-0.3, -0.25) is 0 Å². The van der Waals surface area contributed by atoms with E-state index in [0.29, 0.717) is 5.56 Å². The van der Waals surface area contributed by atoms with Crippen molar-refractivity contribution in [3.8, 4) is 0 Å². The molecule has 2 saturated heterocycles. The summed E-state index contributed by atoms with van der Waals surface area (Å²) < 4.78 is 23.5. The molecule has 4 rings (SSSR count). The predicted molar refractivity (Wildman–Crippen MR) is 96.9 cm³/mol. The van der Waals surface area contributed by atoms with E-state index >= 15 is 0 Å². The van der Waals surface area contributed by atoms with Crippen molar-refractivity contribution >= 4 is 0 Å². The van der Waals surface area contributed by atoms with Crippen LogP contribution in [0.15, 0.2) is 60.7 Å². The largest absolute Gasteiger partial charge is 0.387 e. The van der Waals surface area contributed by atoms with Gasteiger partial charge in [-0.05, 0) is 5.56 Å². The molecule has 2 aromatic carbocycles. The number of benzene rings is 2. The quantitative estimate of drug-likeness (QED) is 0.855. The zero-order valence-electron chi connectivity index (χ0n) is 15.0. The maximum absolute atomic E-state index is 10.8. The molecular formula is C21H24O6. The van der Waals surface area contributed by atoms with Crippen molar-refractivity contribution in [2.24, 2.45) is 0 Å². The molecule has 144 valence electrons. The maximum atomic E-state index is 10.8. The van der Waals surface area contributed by atoms with Gasteiger partial charge in [0.15, 0.2) is 6.29 Å². The third-order valence-corrected chi connectivity index (χ3v) is 5.18. The summed E-state index contributed by atoms with van der Waals surface area (Å²) in [6.45, 7) is 0.287. The van der Waals surface area contributed by atoms with E-state index in [1.165, 1.54) is 7.11 Å². The van der Waals surface area contributed by atoms with E-state index < -0.39 is 42.9 Å². The van der Waals surface area contributed by atoms with Crippen LogP contribution in [0.3, 0.4) is 0 Å². The number of hydrogen-bond donors (Lipinski definition) is 2. The van der Waals surface area contributed by atoms with E-state index in [1.807, 2.05) is 48.5 Å². The molecule has 0 aliphatic carbocycles. The molecule has 0 spiro atoms. The Labute approximate surface area is 158 Å². The Morgan fingerprint density at radius 3 is 2.33 bits per heavy atom. The summed E-state index contributed by atoms with van der Waals surface area (Å²) in [5.41, 5.74) is 1.57. The van der Waals surface area contributed by atoms with Crippen LogP contribution in [-0.2, 0) is 18.9 Å². The van der Waals surface area contributed by atoms with E-state index in [2.05, 4.69) is 0 Å². The molecule has 0 radical (unpaired) electrons. The number of methoxy groups -OCH3 is 1. The zero-order chi connectivity index (χ0) is 18.8. The Morgan fingerprint density at radius 2 is 1.67 bits per heavy atom. The number of rotatable bonds is 4. The highest BCUT2D eigenvalue weighted by Crippen LogP contribution is 2.38.